The van der Waals surface area contributed by atoms with Gasteiger partial charge in [-0.25, -0.2) is 33.6 Å². The van der Waals surface area contributed by atoms with E-state index >= 15 is 0 Å². The Kier molecular flexibility index (Phi) is 50.7. The summed E-state index contributed by atoms with van der Waals surface area (Å²) in [6.45, 7) is 52.4. The molecule has 0 aromatic rings. The zero-order chi connectivity index (χ0) is 59.7. The second-order valence-corrected chi connectivity index (χ2v) is 19.3. The van der Waals surface area contributed by atoms with Crippen LogP contribution in [0.15, 0.2) is 110 Å². The predicted molar refractivity (Wildman–Crippen MR) is 307 cm³/mol. The van der Waals surface area contributed by atoms with Gasteiger partial charge in [0.05, 0.1) is 46.2 Å². The molecule has 0 aliphatic rings. The van der Waals surface area contributed by atoms with Crippen molar-refractivity contribution in [3.8, 4) is 0 Å². The maximum Gasteiger partial charge on any atom is 0.333 e. The molecule has 0 fully saturated rings. The van der Waals surface area contributed by atoms with Crippen molar-refractivity contribution >= 4 is 41.8 Å². The maximum atomic E-state index is 11.2. The first-order chi connectivity index (χ1) is 36.1. The van der Waals surface area contributed by atoms with Crippen LogP contribution >= 0.6 is 0 Å². The quantitative estimate of drug-likeness (QED) is 0.0140. The molecule has 77 heavy (non-hydrogen) atoms. The molecular formula is C62H100O15. The Morgan fingerprint density at radius 1 is 0.286 bits per heavy atom. The average Bonchev–Trinajstić information content (AvgIpc) is 3.36. The van der Waals surface area contributed by atoms with Crippen LogP contribution in [-0.4, -0.2) is 94.1 Å². The van der Waals surface area contributed by atoms with Crippen molar-refractivity contribution in [2.24, 2.45) is 5.92 Å². The fourth-order valence-electron chi connectivity index (χ4n) is 5.45. The molecule has 0 rings (SSSR count). The van der Waals surface area contributed by atoms with Crippen molar-refractivity contribution in [2.45, 2.75) is 191 Å². The first kappa shape index (κ1) is 77.3. The van der Waals surface area contributed by atoms with Crippen molar-refractivity contribution in [1.82, 2.24) is 0 Å². The summed E-state index contributed by atoms with van der Waals surface area (Å²) in [5, 5.41) is 0. The van der Waals surface area contributed by atoms with E-state index < -0.39 is 0 Å². The van der Waals surface area contributed by atoms with Gasteiger partial charge in [-0.05, 0) is 125 Å². The maximum absolute atomic E-state index is 11.2. The highest BCUT2D eigenvalue weighted by Crippen LogP contribution is 2.13. The van der Waals surface area contributed by atoms with Gasteiger partial charge in [0.1, 0.15) is 11.9 Å². The minimum atomic E-state index is -0.369. The van der Waals surface area contributed by atoms with Crippen LogP contribution in [0.5, 0.6) is 0 Å². The van der Waals surface area contributed by atoms with Gasteiger partial charge < -0.3 is 37.9 Å². The minimum absolute atomic E-state index is 0.192. The van der Waals surface area contributed by atoms with Crippen LogP contribution < -0.4 is 0 Å². The summed E-state index contributed by atoms with van der Waals surface area (Å²) in [5.74, 6) is -1.36. The van der Waals surface area contributed by atoms with E-state index in [1.54, 1.807) is 48.5 Å². The standard InChI is InChI=1S/C18H30O4.C17H28O4.C14H22O4.C13H20O3/c1-15(2)17(19)21-13-11-9-7-5-6-8-10-12-14-22-18(20)16(3)4;1-13(2)16(18)20-11-9-7-6-8-10-15(5)12-21-17(19)14(3)4;1-11(2)13(15)17-9-7-5-6-8-10-18-14(16)12(3)4;1-9(2)12(6)15-8-7-11(5)16-13(14)10(3)4/h1,3,5-14H2,2,4H3;15H,1,3,6-12H2,2,4-5H3;1,3,5-10H2,2,4H3;11H,1,3,6-8H2,2,4-5H3. The highest BCUT2D eigenvalue weighted by Gasteiger charge is 2.12. The summed E-state index contributed by atoms with van der Waals surface area (Å²) < 4.78 is 40.5. The first-order valence-electron chi connectivity index (χ1n) is 26.9. The fourth-order valence-corrected chi connectivity index (χ4v) is 5.45. The van der Waals surface area contributed by atoms with Crippen LogP contribution in [0.1, 0.15) is 185 Å². The molecule has 0 amide bonds. The molecule has 0 saturated carbocycles. The molecule has 2 atom stereocenters. The van der Waals surface area contributed by atoms with Gasteiger partial charge >= 0.3 is 41.8 Å². The number of hydrogen-bond donors (Lipinski definition) is 0. The number of unbranched alkanes of at least 4 members (excludes halogenated alkanes) is 13. The first-order valence-corrected chi connectivity index (χ1v) is 26.9. The number of carbonyl (C=O) groups is 7. The van der Waals surface area contributed by atoms with Crippen LogP contribution in [0, 0.1) is 5.92 Å². The lowest BCUT2D eigenvalue weighted by Crippen LogP contribution is -2.17. The highest BCUT2D eigenvalue weighted by atomic mass is 16.6. The number of ether oxygens (including phenoxy) is 8. The van der Waals surface area contributed by atoms with Crippen molar-refractivity contribution in [3.63, 3.8) is 0 Å². The Hall–Kier alpha value is -6.25. The minimum Gasteiger partial charge on any atom is -0.494 e. The van der Waals surface area contributed by atoms with E-state index in [-0.39, 0.29) is 47.9 Å². The third-order valence-corrected chi connectivity index (χ3v) is 10.4. The van der Waals surface area contributed by atoms with Crippen LogP contribution in [0.4, 0.5) is 0 Å². The van der Waals surface area contributed by atoms with Crippen LogP contribution in [-0.2, 0) is 71.5 Å². The molecule has 438 valence electrons. The van der Waals surface area contributed by atoms with E-state index in [0.717, 1.165) is 102 Å². The van der Waals surface area contributed by atoms with Gasteiger partial charge in [-0.1, -0.05) is 124 Å². The van der Waals surface area contributed by atoms with Gasteiger partial charge in [-0.2, -0.15) is 0 Å². The Balaban J connectivity index is -0.000000465. The van der Waals surface area contributed by atoms with Crippen LogP contribution in [0.2, 0.25) is 0 Å². The van der Waals surface area contributed by atoms with E-state index in [9.17, 15) is 33.6 Å². The van der Waals surface area contributed by atoms with Crippen molar-refractivity contribution in [3.05, 3.63) is 110 Å². The summed E-state index contributed by atoms with van der Waals surface area (Å²) in [6, 6.07) is 0. The van der Waals surface area contributed by atoms with E-state index in [0.29, 0.717) is 103 Å². The van der Waals surface area contributed by atoms with E-state index in [4.69, 9.17) is 37.9 Å². The molecule has 0 saturated heterocycles. The molecule has 15 nitrogen and oxygen atoms in total. The third-order valence-electron chi connectivity index (χ3n) is 10.4. The molecule has 0 aromatic carbocycles. The zero-order valence-electron chi connectivity index (χ0n) is 49.3. The Morgan fingerprint density at radius 2 is 0.532 bits per heavy atom. The molecule has 0 spiro atoms. The molecule has 0 N–H and O–H groups in total. The number of hydrogen-bond acceptors (Lipinski definition) is 15. The number of esters is 7. The second-order valence-electron chi connectivity index (χ2n) is 19.3. The SMILES string of the molecule is C=C(C)C(=C)OCCC(C)OC(=O)C(=C)C.C=C(C)C(=O)OCCCCCCC(C)COC(=O)C(=C)C.C=C(C)C(=O)OCCCCCCCCCCOC(=O)C(=C)C.C=C(C)C(=O)OCCCCCCOC(=O)C(=C)C. The lowest BCUT2D eigenvalue weighted by molar-refractivity contribution is -0.144. The van der Waals surface area contributed by atoms with E-state index in [1.165, 1.54) is 12.8 Å². The summed E-state index contributed by atoms with van der Waals surface area (Å²) in [5.41, 5.74) is 3.82. The number of carbonyl (C=O) groups excluding carboxylic acids is 7. The highest BCUT2D eigenvalue weighted by molar-refractivity contribution is 5.89. The van der Waals surface area contributed by atoms with Crippen LogP contribution in [0.25, 0.3) is 0 Å². The van der Waals surface area contributed by atoms with Crippen molar-refractivity contribution < 1.29 is 71.5 Å². The predicted octanol–water partition coefficient (Wildman–Crippen LogP) is 13.9. The molecule has 0 aromatic heterocycles. The van der Waals surface area contributed by atoms with Gasteiger partial charge in [0.15, 0.2) is 0 Å². The normalized spacial score (nSPS) is 10.7. The summed E-state index contributed by atoms with van der Waals surface area (Å²) in [4.78, 5) is 77.8. The van der Waals surface area contributed by atoms with Gasteiger partial charge in [0, 0.05) is 45.4 Å². The summed E-state index contributed by atoms with van der Waals surface area (Å²) >= 11 is 0. The van der Waals surface area contributed by atoms with Crippen molar-refractivity contribution in [2.75, 3.05) is 46.2 Å². The lowest BCUT2D eigenvalue weighted by Gasteiger charge is -2.14. The Labute approximate surface area is 464 Å². The van der Waals surface area contributed by atoms with Gasteiger partial charge in [-0.3, -0.25) is 0 Å². The molecule has 0 aliphatic carbocycles. The third kappa shape index (κ3) is 54.4. The second kappa shape index (κ2) is 50.6. The van der Waals surface area contributed by atoms with Gasteiger partial charge in [0.25, 0.3) is 0 Å². The zero-order valence-corrected chi connectivity index (χ0v) is 49.3. The molecule has 0 bridgehead atoms. The largest absolute Gasteiger partial charge is 0.494 e. The van der Waals surface area contributed by atoms with Crippen LogP contribution in [0.3, 0.4) is 0 Å². The summed E-state index contributed by atoms with van der Waals surface area (Å²) in [6.07, 6.45) is 17.7. The number of rotatable bonds is 40. The smallest absolute Gasteiger partial charge is 0.333 e. The van der Waals surface area contributed by atoms with Gasteiger partial charge in [-0.15, -0.1) is 0 Å². The molecular weight excluding hydrogens is 985 g/mol. The van der Waals surface area contributed by atoms with Gasteiger partial charge in [0.2, 0.25) is 0 Å². The molecule has 2 unspecified atom stereocenters. The molecule has 15 heteroatoms. The molecule has 0 heterocycles. The van der Waals surface area contributed by atoms with E-state index in [2.05, 4.69) is 66.1 Å². The topological polar surface area (TPSA) is 193 Å². The number of allylic oxidation sites excluding steroid dienone is 1. The lowest BCUT2D eigenvalue weighted by atomic mass is 10.0. The van der Waals surface area contributed by atoms with E-state index in [1.807, 2.05) is 13.8 Å². The Morgan fingerprint density at radius 3 is 0.792 bits per heavy atom. The average molecular weight is 1090 g/mol. The Bertz CT molecular complexity index is 1830. The molecule has 0 aliphatic heterocycles. The molecule has 0 radical (unpaired) electrons. The summed E-state index contributed by atoms with van der Waals surface area (Å²) in [7, 11) is 0. The monoisotopic (exact) mass is 1080 g/mol. The van der Waals surface area contributed by atoms with Crippen molar-refractivity contribution in [1.29, 1.82) is 0 Å². The fraction of sp³-hybridized carbons (Fsp3) is 0.597.